The summed E-state index contributed by atoms with van der Waals surface area (Å²) >= 11 is 10.9. The van der Waals surface area contributed by atoms with E-state index in [0.717, 1.165) is 14.9 Å². The first-order chi connectivity index (χ1) is 9.47. The molecular weight excluding hydrogens is 364 g/mol. The molecule has 0 unspecified atom stereocenters. The number of rotatable bonds is 4. The lowest BCUT2D eigenvalue weighted by atomic mass is 10.2. The molecule has 2 aromatic rings. The smallest absolute Gasteiger partial charge is 0.270 e. The molecule has 2 rings (SSSR count). The Hall–Kier alpha value is -1.24. The van der Waals surface area contributed by atoms with Crippen LogP contribution in [0, 0.1) is 10.1 Å². The molecule has 0 saturated heterocycles. The number of nitrogens with zero attached hydrogens (tertiary/aromatic N) is 1. The average Bonchev–Trinajstić information content (AvgIpc) is 2.41. The van der Waals surface area contributed by atoms with Crippen molar-refractivity contribution >= 4 is 50.7 Å². The van der Waals surface area contributed by atoms with E-state index in [2.05, 4.69) is 15.9 Å². The fraction of sp³-hybridized carbons (Fsp3) is 0.0769. The van der Waals surface area contributed by atoms with Gasteiger partial charge in [0.25, 0.3) is 5.69 Å². The fourth-order valence-electron chi connectivity index (χ4n) is 1.53. The van der Waals surface area contributed by atoms with Crippen LogP contribution >= 0.6 is 39.3 Å². The molecule has 7 heteroatoms. The van der Waals surface area contributed by atoms with Gasteiger partial charge < -0.3 is 5.73 Å². The average molecular weight is 374 g/mol. The highest BCUT2D eigenvalue weighted by atomic mass is 79.9. The minimum absolute atomic E-state index is 0.0705. The number of nitrogen functional groups attached to an aromatic ring is 1. The molecule has 0 fully saturated rings. The number of benzene rings is 2. The van der Waals surface area contributed by atoms with Gasteiger partial charge >= 0.3 is 0 Å². The summed E-state index contributed by atoms with van der Waals surface area (Å²) in [5, 5.41) is 11.2. The van der Waals surface area contributed by atoms with Crippen molar-refractivity contribution in [3.05, 3.63) is 61.6 Å². The van der Waals surface area contributed by atoms with E-state index in [1.165, 1.54) is 12.1 Å². The molecule has 0 aliphatic rings. The summed E-state index contributed by atoms with van der Waals surface area (Å²) < 4.78 is 0.723. The van der Waals surface area contributed by atoms with Crippen molar-refractivity contribution in [2.24, 2.45) is 0 Å². The third kappa shape index (κ3) is 3.65. The maximum atomic E-state index is 10.7. The van der Waals surface area contributed by atoms with Gasteiger partial charge in [-0.1, -0.05) is 33.6 Å². The van der Waals surface area contributed by atoms with Gasteiger partial charge in [-0.2, -0.15) is 0 Å². The number of anilines is 1. The SMILES string of the molecule is Nc1ccc(SCc2ccc([N+](=O)[O-])cc2Br)cc1Cl. The second-order valence-corrected chi connectivity index (χ2v) is 6.32. The third-order valence-electron chi connectivity index (χ3n) is 2.61. The molecule has 20 heavy (non-hydrogen) atoms. The second kappa shape index (κ2) is 6.47. The Morgan fingerprint density at radius 1 is 1.30 bits per heavy atom. The first-order valence-corrected chi connectivity index (χ1v) is 7.73. The van der Waals surface area contributed by atoms with Crippen molar-refractivity contribution in [2.45, 2.75) is 10.6 Å². The number of halogens is 2. The van der Waals surface area contributed by atoms with Crippen LogP contribution in [0.25, 0.3) is 0 Å². The molecule has 0 aromatic heterocycles. The Balaban J connectivity index is 2.10. The number of hydrogen-bond acceptors (Lipinski definition) is 4. The molecule has 0 radical (unpaired) electrons. The van der Waals surface area contributed by atoms with Crippen LogP contribution in [0.15, 0.2) is 45.8 Å². The van der Waals surface area contributed by atoms with Crippen LogP contribution in [-0.2, 0) is 5.75 Å². The molecule has 0 aliphatic heterocycles. The lowest BCUT2D eigenvalue weighted by molar-refractivity contribution is -0.384. The lowest BCUT2D eigenvalue weighted by Gasteiger charge is -2.06. The van der Waals surface area contributed by atoms with Crippen molar-refractivity contribution < 1.29 is 4.92 Å². The van der Waals surface area contributed by atoms with Crippen LogP contribution in [0.1, 0.15) is 5.56 Å². The van der Waals surface area contributed by atoms with Crippen LogP contribution < -0.4 is 5.73 Å². The molecule has 0 saturated carbocycles. The van der Waals surface area contributed by atoms with Gasteiger partial charge in [-0.3, -0.25) is 10.1 Å². The molecule has 2 N–H and O–H groups in total. The standard InChI is InChI=1S/C13H10BrClN2O2S/c14-11-5-9(17(18)19)2-1-8(11)7-20-10-3-4-13(16)12(15)6-10/h1-6H,7,16H2. The number of non-ortho nitro benzene ring substituents is 1. The molecular formula is C13H10BrClN2O2S. The highest BCUT2D eigenvalue weighted by Gasteiger charge is 2.09. The van der Waals surface area contributed by atoms with Crippen LogP contribution in [0.2, 0.25) is 5.02 Å². The van der Waals surface area contributed by atoms with Gasteiger partial charge in [-0.15, -0.1) is 11.8 Å². The van der Waals surface area contributed by atoms with E-state index in [0.29, 0.717) is 16.5 Å². The van der Waals surface area contributed by atoms with Crippen molar-refractivity contribution in [3.8, 4) is 0 Å². The van der Waals surface area contributed by atoms with Gasteiger partial charge in [0.15, 0.2) is 0 Å². The Kier molecular flexibility index (Phi) is 4.91. The number of nitro groups is 1. The van der Waals surface area contributed by atoms with E-state index >= 15 is 0 Å². The van der Waals surface area contributed by atoms with E-state index in [9.17, 15) is 10.1 Å². The summed E-state index contributed by atoms with van der Waals surface area (Å²) in [5.74, 6) is 0.679. The predicted octanol–water partition coefficient (Wildman–Crippen LogP) is 4.89. The first-order valence-electron chi connectivity index (χ1n) is 5.58. The van der Waals surface area contributed by atoms with E-state index in [-0.39, 0.29) is 5.69 Å². The van der Waals surface area contributed by atoms with Crippen molar-refractivity contribution in [1.29, 1.82) is 0 Å². The first kappa shape index (κ1) is 15.2. The maximum absolute atomic E-state index is 10.7. The van der Waals surface area contributed by atoms with E-state index in [1.54, 1.807) is 30.0 Å². The Morgan fingerprint density at radius 3 is 2.65 bits per heavy atom. The molecule has 0 atom stereocenters. The minimum Gasteiger partial charge on any atom is -0.398 e. The zero-order chi connectivity index (χ0) is 14.7. The van der Waals surface area contributed by atoms with Crippen molar-refractivity contribution in [1.82, 2.24) is 0 Å². The Bertz CT molecular complexity index is 667. The summed E-state index contributed by atoms with van der Waals surface area (Å²) in [5.41, 5.74) is 7.25. The lowest BCUT2D eigenvalue weighted by Crippen LogP contribution is -1.90. The molecule has 0 amide bonds. The summed E-state index contributed by atoms with van der Waals surface area (Å²) in [6.07, 6.45) is 0. The maximum Gasteiger partial charge on any atom is 0.270 e. The minimum atomic E-state index is -0.415. The van der Waals surface area contributed by atoms with Crippen LogP contribution in [-0.4, -0.2) is 4.92 Å². The topological polar surface area (TPSA) is 69.2 Å². The van der Waals surface area contributed by atoms with Gasteiger partial charge in [0.2, 0.25) is 0 Å². The highest BCUT2D eigenvalue weighted by Crippen LogP contribution is 2.31. The van der Waals surface area contributed by atoms with Gasteiger partial charge in [0.1, 0.15) is 0 Å². The number of nitrogens with two attached hydrogens (primary N) is 1. The molecule has 104 valence electrons. The molecule has 0 aliphatic carbocycles. The predicted molar refractivity (Wildman–Crippen MR) is 86.2 cm³/mol. The van der Waals surface area contributed by atoms with Gasteiger partial charge in [0.05, 0.1) is 15.6 Å². The monoisotopic (exact) mass is 372 g/mol. The van der Waals surface area contributed by atoms with Crippen LogP contribution in [0.5, 0.6) is 0 Å². The number of hydrogen-bond donors (Lipinski definition) is 1. The second-order valence-electron chi connectivity index (χ2n) is 4.00. The quantitative estimate of drug-likeness (QED) is 0.359. The summed E-state index contributed by atoms with van der Waals surface area (Å²) in [7, 11) is 0. The van der Waals surface area contributed by atoms with E-state index in [1.807, 2.05) is 6.07 Å². The van der Waals surface area contributed by atoms with Crippen molar-refractivity contribution in [3.63, 3.8) is 0 Å². The molecule has 4 nitrogen and oxygen atoms in total. The highest BCUT2D eigenvalue weighted by molar-refractivity contribution is 9.10. The Morgan fingerprint density at radius 2 is 2.05 bits per heavy atom. The number of nitro benzene ring substituents is 1. The summed E-state index contributed by atoms with van der Waals surface area (Å²) in [4.78, 5) is 11.2. The van der Waals surface area contributed by atoms with E-state index < -0.39 is 4.92 Å². The molecule has 0 bridgehead atoms. The molecule has 0 heterocycles. The molecule has 0 spiro atoms. The van der Waals surface area contributed by atoms with Crippen LogP contribution in [0.4, 0.5) is 11.4 Å². The van der Waals surface area contributed by atoms with Crippen molar-refractivity contribution in [2.75, 3.05) is 5.73 Å². The summed E-state index contributed by atoms with van der Waals surface area (Å²) in [6.45, 7) is 0. The summed E-state index contributed by atoms with van der Waals surface area (Å²) in [6, 6.07) is 10.2. The van der Waals surface area contributed by atoms with Crippen LogP contribution in [0.3, 0.4) is 0 Å². The largest absolute Gasteiger partial charge is 0.398 e. The van der Waals surface area contributed by atoms with Gasteiger partial charge in [0, 0.05) is 27.3 Å². The van der Waals surface area contributed by atoms with Gasteiger partial charge in [-0.05, 0) is 23.8 Å². The number of thioether (sulfide) groups is 1. The normalized spacial score (nSPS) is 10.5. The van der Waals surface area contributed by atoms with Gasteiger partial charge in [-0.25, -0.2) is 0 Å². The Labute approximate surface area is 133 Å². The fourth-order valence-corrected chi connectivity index (χ4v) is 3.40. The zero-order valence-electron chi connectivity index (χ0n) is 10.2. The molecule has 2 aromatic carbocycles. The van der Waals surface area contributed by atoms with E-state index in [4.69, 9.17) is 17.3 Å². The zero-order valence-corrected chi connectivity index (χ0v) is 13.3. The third-order valence-corrected chi connectivity index (χ3v) is 4.72.